The van der Waals surface area contributed by atoms with Crippen molar-refractivity contribution < 1.29 is 22.7 Å². The van der Waals surface area contributed by atoms with Crippen LogP contribution in [0.2, 0.25) is 0 Å². The van der Waals surface area contributed by atoms with E-state index in [-0.39, 0.29) is 16.0 Å². The van der Waals surface area contributed by atoms with Crippen LogP contribution in [0.3, 0.4) is 0 Å². The van der Waals surface area contributed by atoms with Crippen LogP contribution in [-0.4, -0.2) is 37.6 Å². The van der Waals surface area contributed by atoms with Gasteiger partial charge in [-0.15, -0.1) is 0 Å². The zero-order valence-corrected chi connectivity index (χ0v) is 19.1. The Morgan fingerprint density at radius 2 is 1.30 bits per heavy atom. The fraction of sp³-hybridized carbons (Fsp3) is 0.167. The first-order valence-corrected chi connectivity index (χ1v) is 11.8. The van der Waals surface area contributed by atoms with Crippen molar-refractivity contribution in [2.75, 3.05) is 13.1 Å². The Morgan fingerprint density at radius 3 is 1.91 bits per heavy atom. The SMILES string of the molecule is CCN(CC)S(=O)(=O)c1cccc(C(=O)NNC(=O)c2cccc(Oc3ccccc3)c2)c1. The monoisotopic (exact) mass is 467 g/mol. The maximum atomic E-state index is 12.7. The lowest BCUT2D eigenvalue weighted by Crippen LogP contribution is -2.41. The highest BCUT2D eigenvalue weighted by Gasteiger charge is 2.22. The number of sulfonamides is 1. The summed E-state index contributed by atoms with van der Waals surface area (Å²) in [4.78, 5) is 25.0. The number of benzene rings is 3. The van der Waals surface area contributed by atoms with E-state index in [9.17, 15) is 18.0 Å². The second kappa shape index (κ2) is 10.8. The molecule has 8 nitrogen and oxygen atoms in total. The Bertz CT molecular complexity index is 1230. The molecule has 0 unspecified atom stereocenters. The smallest absolute Gasteiger partial charge is 0.269 e. The molecule has 0 aromatic heterocycles. The molecule has 0 aliphatic carbocycles. The van der Waals surface area contributed by atoms with Crippen molar-refractivity contribution in [3.63, 3.8) is 0 Å². The van der Waals surface area contributed by atoms with Crippen LogP contribution in [0.25, 0.3) is 0 Å². The van der Waals surface area contributed by atoms with Crippen molar-refractivity contribution in [2.24, 2.45) is 0 Å². The van der Waals surface area contributed by atoms with E-state index in [0.29, 0.717) is 24.6 Å². The van der Waals surface area contributed by atoms with Gasteiger partial charge in [-0.05, 0) is 48.5 Å². The van der Waals surface area contributed by atoms with Gasteiger partial charge in [0.1, 0.15) is 11.5 Å². The molecule has 0 aliphatic rings. The molecule has 172 valence electrons. The lowest BCUT2D eigenvalue weighted by molar-refractivity contribution is 0.0846. The predicted octanol–water partition coefficient (Wildman–Crippen LogP) is 3.58. The van der Waals surface area contributed by atoms with E-state index in [4.69, 9.17) is 4.74 Å². The van der Waals surface area contributed by atoms with E-state index in [0.717, 1.165) is 0 Å². The normalized spacial score (nSPS) is 11.1. The second-order valence-corrected chi connectivity index (χ2v) is 8.91. The molecule has 0 bridgehead atoms. The average Bonchev–Trinajstić information content (AvgIpc) is 2.84. The van der Waals surface area contributed by atoms with Gasteiger partial charge in [-0.25, -0.2) is 8.42 Å². The maximum Gasteiger partial charge on any atom is 0.269 e. The zero-order valence-electron chi connectivity index (χ0n) is 18.3. The molecule has 33 heavy (non-hydrogen) atoms. The molecule has 0 saturated heterocycles. The van der Waals surface area contributed by atoms with Gasteiger partial charge in [0.2, 0.25) is 10.0 Å². The Balaban J connectivity index is 1.67. The molecule has 3 rings (SSSR count). The summed E-state index contributed by atoms with van der Waals surface area (Å²) >= 11 is 0. The van der Waals surface area contributed by atoms with E-state index >= 15 is 0 Å². The third kappa shape index (κ3) is 5.97. The first kappa shape index (κ1) is 24.0. The van der Waals surface area contributed by atoms with Crippen molar-refractivity contribution in [1.29, 1.82) is 0 Å². The Hall–Kier alpha value is -3.69. The van der Waals surface area contributed by atoms with Crippen molar-refractivity contribution in [1.82, 2.24) is 15.2 Å². The number of nitrogens with one attached hydrogen (secondary N) is 2. The van der Waals surface area contributed by atoms with E-state index < -0.39 is 21.8 Å². The highest BCUT2D eigenvalue weighted by atomic mass is 32.2. The van der Waals surface area contributed by atoms with Crippen LogP contribution in [0.1, 0.15) is 34.6 Å². The lowest BCUT2D eigenvalue weighted by Gasteiger charge is -2.18. The second-order valence-electron chi connectivity index (χ2n) is 6.97. The molecule has 0 atom stereocenters. The number of amides is 2. The van der Waals surface area contributed by atoms with Gasteiger partial charge >= 0.3 is 0 Å². The number of para-hydroxylation sites is 1. The van der Waals surface area contributed by atoms with Crippen molar-refractivity contribution in [2.45, 2.75) is 18.7 Å². The van der Waals surface area contributed by atoms with Gasteiger partial charge in [-0.3, -0.25) is 20.4 Å². The Morgan fingerprint density at radius 1 is 0.758 bits per heavy atom. The van der Waals surface area contributed by atoms with Gasteiger partial charge < -0.3 is 4.74 Å². The van der Waals surface area contributed by atoms with Crippen LogP contribution in [0.15, 0.2) is 83.8 Å². The van der Waals surface area contributed by atoms with Crippen molar-refractivity contribution in [3.05, 3.63) is 90.0 Å². The molecule has 3 aromatic carbocycles. The number of hydrazine groups is 1. The minimum absolute atomic E-state index is 0.0101. The summed E-state index contributed by atoms with van der Waals surface area (Å²) in [5.74, 6) is -0.0946. The summed E-state index contributed by atoms with van der Waals surface area (Å²) in [6.07, 6.45) is 0. The molecule has 0 heterocycles. The number of rotatable bonds is 8. The standard InChI is InChI=1S/C24H25N3O5S/c1-3-27(4-2)33(30,31)22-15-9-11-19(17-22)24(29)26-25-23(28)18-10-8-14-21(16-18)32-20-12-6-5-7-13-20/h5-17H,3-4H2,1-2H3,(H,25,28)(H,26,29). The Labute approximate surface area is 193 Å². The third-order valence-corrected chi connectivity index (χ3v) is 6.85. The maximum absolute atomic E-state index is 12.7. The first-order valence-electron chi connectivity index (χ1n) is 10.4. The van der Waals surface area contributed by atoms with E-state index in [2.05, 4.69) is 10.9 Å². The molecule has 2 amide bonds. The van der Waals surface area contributed by atoms with Crippen LogP contribution in [0, 0.1) is 0 Å². The highest BCUT2D eigenvalue weighted by Crippen LogP contribution is 2.22. The zero-order chi connectivity index (χ0) is 23.8. The summed E-state index contributed by atoms with van der Waals surface area (Å²) in [5.41, 5.74) is 5.03. The summed E-state index contributed by atoms with van der Waals surface area (Å²) in [6, 6.07) is 21.3. The first-order chi connectivity index (χ1) is 15.8. The van der Waals surface area contributed by atoms with Gasteiger partial charge in [-0.1, -0.05) is 44.2 Å². The summed E-state index contributed by atoms with van der Waals surface area (Å²) in [6.45, 7) is 4.12. The van der Waals surface area contributed by atoms with E-state index in [1.165, 1.54) is 28.6 Å². The van der Waals surface area contributed by atoms with E-state index in [1.54, 1.807) is 50.2 Å². The summed E-state index contributed by atoms with van der Waals surface area (Å²) < 4.78 is 32.4. The van der Waals surface area contributed by atoms with Gasteiger partial charge in [0, 0.05) is 24.2 Å². The molecule has 3 aromatic rings. The van der Waals surface area contributed by atoms with Crippen LogP contribution in [0.5, 0.6) is 11.5 Å². The van der Waals surface area contributed by atoms with E-state index in [1.807, 2.05) is 18.2 Å². The molecule has 2 N–H and O–H groups in total. The number of carbonyl (C=O) groups excluding carboxylic acids is 2. The predicted molar refractivity (Wildman–Crippen MR) is 124 cm³/mol. The summed E-state index contributed by atoms with van der Waals surface area (Å²) in [5, 5.41) is 0. The average molecular weight is 468 g/mol. The van der Waals surface area contributed by atoms with Gasteiger partial charge in [0.05, 0.1) is 4.90 Å². The van der Waals surface area contributed by atoms with Gasteiger partial charge in [0.15, 0.2) is 0 Å². The molecular formula is C24H25N3O5S. The summed E-state index contributed by atoms with van der Waals surface area (Å²) in [7, 11) is -3.71. The minimum Gasteiger partial charge on any atom is -0.457 e. The van der Waals surface area contributed by atoms with Crippen molar-refractivity contribution in [3.8, 4) is 11.5 Å². The fourth-order valence-corrected chi connectivity index (χ4v) is 4.60. The van der Waals surface area contributed by atoms with Crippen LogP contribution in [-0.2, 0) is 10.0 Å². The number of hydrogen-bond donors (Lipinski definition) is 2. The molecule has 9 heteroatoms. The molecule has 0 spiro atoms. The topological polar surface area (TPSA) is 105 Å². The molecule has 0 fully saturated rings. The highest BCUT2D eigenvalue weighted by molar-refractivity contribution is 7.89. The molecule has 0 radical (unpaired) electrons. The van der Waals surface area contributed by atoms with Crippen LogP contribution < -0.4 is 15.6 Å². The van der Waals surface area contributed by atoms with Crippen molar-refractivity contribution >= 4 is 21.8 Å². The van der Waals surface area contributed by atoms with Gasteiger partial charge in [-0.2, -0.15) is 4.31 Å². The number of ether oxygens (including phenoxy) is 1. The largest absolute Gasteiger partial charge is 0.457 e. The number of hydrogen-bond acceptors (Lipinski definition) is 5. The Kier molecular flexibility index (Phi) is 7.81. The van der Waals surface area contributed by atoms with Crippen LogP contribution >= 0.6 is 0 Å². The molecular weight excluding hydrogens is 442 g/mol. The molecule has 0 aliphatic heterocycles. The minimum atomic E-state index is -3.71. The quantitative estimate of drug-likeness (QED) is 0.493. The third-order valence-electron chi connectivity index (χ3n) is 4.80. The van der Waals surface area contributed by atoms with Gasteiger partial charge in [0.25, 0.3) is 11.8 Å². The molecule has 0 saturated carbocycles. The van der Waals surface area contributed by atoms with Crippen LogP contribution in [0.4, 0.5) is 0 Å². The fourth-order valence-electron chi connectivity index (χ4n) is 3.09. The number of carbonyl (C=O) groups is 2. The lowest BCUT2D eigenvalue weighted by atomic mass is 10.2. The number of nitrogens with zero attached hydrogens (tertiary/aromatic N) is 1.